The van der Waals surface area contributed by atoms with Crippen molar-refractivity contribution in [3.8, 4) is 156 Å². The number of hydrogen-bond acceptors (Lipinski definition) is 2. The first-order valence-corrected chi connectivity index (χ1v) is 53.8. The third-order valence-electron chi connectivity index (χ3n) is 36.3. The molecule has 0 amide bonds. The van der Waals surface area contributed by atoms with Gasteiger partial charge in [-0.25, -0.2) is 0 Å². The first kappa shape index (κ1) is 89.6. The lowest BCUT2D eigenvalue weighted by Gasteiger charge is -2.33. The van der Waals surface area contributed by atoms with Gasteiger partial charge in [-0.15, -0.1) is 0 Å². The minimum atomic E-state index is -0.640. The molecular formula is C148H116N2. The van der Waals surface area contributed by atoms with Crippen molar-refractivity contribution in [2.75, 3.05) is 9.80 Å². The molecule has 0 aliphatic heterocycles. The van der Waals surface area contributed by atoms with E-state index in [0.29, 0.717) is 0 Å². The van der Waals surface area contributed by atoms with Crippen molar-refractivity contribution in [1.29, 1.82) is 0 Å². The second-order valence-electron chi connectivity index (χ2n) is 47.6. The molecule has 1 unspecified atom stereocenters. The molecule has 29 rings (SSSR count). The molecule has 0 fully saturated rings. The number of hydrogen-bond donors (Lipinski definition) is 0. The van der Waals surface area contributed by atoms with Crippen LogP contribution in [0.2, 0.25) is 0 Å². The standard InChI is InChI=1S/C148H116N2/c1-141(2,3)95-68-75-108-109-76-69-96(142(4,5)6)87-134(109)148(133(108)86-95)125-53-29-17-41-103(125)106-73-63-92(84-131(106)148)89-61-70-97(71-62-89)149(137-59-33-23-43-110(137)112-47-35-55-128-139(112)114-45-19-26-50-120(114)144(128,9)10)135-57-31-21-37-99(135)93-67-79-123-118(83-93)117-82-90(65-78-122(117)143(123,7)8)91-66-80-127-116(81-91)104-42-18-30-54-126(104)147(127)124-52-28-16-40-102(124)107-74-64-94(85-132(107)147)100-38-22-32-58-136(100)150(98-72-77-105-101-39-15-25-49-119(101)146(13,14)130(105)88-98)138-60-34-24-44-111(138)113-48-36-56-129-140(113)115-46-20-27-51-121(115)145(129,11)12/h15-88H,1-14H3. The van der Waals surface area contributed by atoms with Crippen LogP contribution < -0.4 is 9.80 Å². The van der Waals surface area contributed by atoms with Gasteiger partial charge in [-0.1, -0.05) is 467 Å². The maximum absolute atomic E-state index is 2.59. The number of rotatable bonds is 12. The summed E-state index contributed by atoms with van der Waals surface area (Å²) in [7, 11) is 0. The largest absolute Gasteiger partial charge is 0.309 e. The number of anilines is 6. The molecule has 2 nitrogen and oxygen atoms in total. The molecule has 21 aromatic carbocycles. The van der Waals surface area contributed by atoms with Crippen LogP contribution in [-0.4, -0.2) is 0 Å². The fourth-order valence-corrected chi connectivity index (χ4v) is 28.9. The second kappa shape index (κ2) is 31.9. The molecule has 0 N–H and O–H groups in total. The zero-order chi connectivity index (χ0) is 102. The molecule has 2 heteroatoms. The van der Waals surface area contributed by atoms with Crippen molar-refractivity contribution >= 4 is 34.1 Å². The van der Waals surface area contributed by atoms with E-state index in [0.717, 1.165) is 61.9 Å². The fraction of sp³-hybridized carbons (Fsp3) is 0.149. The third-order valence-corrected chi connectivity index (χ3v) is 36.3. The average molecular weight is 1920 g/mol. The van der Waals surface area contributed by atoms with Crippen molar-refractivity contribution in [3.63, 3.8) is 0 Å². The Morgan fingerprint density at radius 2 is 0.393 bits per heavy atom. The maximum atomic E-state index is 2.59. The van der Waals surface area contributed by atoms with Crippen molar-refractivity contribution in [1.82, 2.24) is 0 Å². The molecule has 0 radical (unpaired) electrons. The molecule has 0 saturated heterocycles. The van der Waals surface area contributed by atoms with E-state index >= 15 is 0 Å². The highest BCUT2D eigenvalue weighted by molar-refractivity contribution is 6.07. The molecule has 2 spiro atoms. The van der Waals surface area contributed by atoms with Crippen LogP contribution >= 0.6 is 0 Å². The SMILES string of the molecule is CC(C)(C)c1ccc2c(c1)C1(c3ccccc3-c3ccc(-c4ccc(N(c5ccccc5-c5ccc6c(c5)-c5cc(-c7ccc8c(c7)-c7ccccc7C87c8ccccc8-c8ccc(-c9ccccc9N(c9ccc%10c(c9)C(C)(C)c9ccccc9-%10)c9ccccc9-c9cccc%10c9-c9ccccc9C%10(C)C)cc87)ccc5C6(C)C)c5ccccc5-c5cccc6c5-c5ccccc5C6(C)C)cc4)cc31)c1cc(C(C)(C)C)ccc1-2. The molecule has 0 aromatic heterocycles. The highest BCUT2D eigenvalue weighted by atomic mass is 15.2. The minimum Gasteiger partial charge on any atom is -0.309 e. The Morgan fingerprint density at radius 3 is 0.860 bits per heavy atom. The van der Waals surface area contributed by atoms with Crippen molar-refractivity contribution in [3.05, 3.63) is 549 Å². The summed E-state index contributed by atoms with van der Waals surface area (Å²) in [5.74, 6) is 0. The van der Waals surface area contributed by atoms with E-state index in [1.54, 1.807) is 0 Å². The first-order chi connectivity index (χ1) is 72.7. The summed E-state index contributed by atoms with van der Waals surface area (Å²) in [5, 5.41) is 0. The van der Waals surface area contributed by atoms with Crippen LogP contribution in [0.5, 0.6) is 0 Å². The topological polar surface area (TPSA) is 6.48 Å². The van der Waals surface area contributed by atoms with Crippen LogP contribution in [0.4, 0.5) is 34.1 Å². The summed E-state index contributed by atoms with van der Waals surface area (Å²) in [6.45, 7) is 33.4. The number of nitrogens with zero attached hydrogens (tertiary/aromatic N) is 2. The predicted molar refractivity (Wildman–Crippen MR) is 629 cm³/mol. The van der Waals surface area contributed by atoms with Crippen LogP contribution in [0.3, 0.4) is 0 Å². The lowest BCUT2D eigenvalue weighted by molar-refractivity contribution is 0.586. The zero-order valence-electron chi connectivity index (χ0n) is 87.6. The van der Waals surface area contributed by atoms with Gasteiger partial charge in [0.1, 0.15) is 0 Å². The van der Waals surface area contributed by atoms with E-state index in [4.69, 9.17) is 0 Å². The number of para-hydroxylation sites is 4. The monoisotopic (exact) mass is 1920 g/mol. The van der Waals surface area contributed by atoms with Gasteiger partial charge in [0, 0.05) is 55.3 Å². The Labute approximate surface area is 882 Å². The van der Waals surface area contributed by atoms with E-state index in [9.17, 15) is 0 Å². The van der Waals surface area contributed by atoms with E-state index in [-0.39, 0.29) is 32.5 Å². The summed E-state index contributed by atoms with van der Waals surface area (Å²) in [6, 6.07) is 175. The quantitative estimate of drug-likeness (QED) is 0.120. The van der Waals surface area contributed by atoms with Crippen molar-refractivity contribution < 1.29 is 0 Å². The molecule has 8 aliphatic rings. The highest BCUT2D eigenvalue weighted by Gasteiger charge is 2.55. The van der Waals surface area contributed by atoms with E-state index in [2.05, 4.69) is 556 Å². The molecule has 0 heterocycles. The Balaban J connectivity index is 0.553. The van der Waals surface area contributed by atoms with Gasteiger partial charge in [0.2, 0.25) is 0 Å². The molecular weight excluding hydrogens is 1810 g/mol. The summed E-state index contributed by atoms with van der Waals surface area (Å²) < 4.78 is 0. The first-order valence-electron chi connectivity index (χ1n) is 53.8. The Morgan fingerprint density at radius 1 is 0.147 bits per heavy atom. The molecule has 0 bridgehead atoms. The van der Waals surface area contributed by atoms with Gasteiger partial charge >= 0.3 is 0 Å². The number of benzene rings is 21. The summed E-state index contributed by atoms with van der Waals surface area (Å²) in [4.78, 5) is 5.16. The van der Waals surface area contributed by atoms with Gasteiger partial charge in [-0.2, -0.15) is 0 Å². The maximum Gasteiger partial charge on any atom is 0.0725 e. The fourth-order valence-electron chi connectivity index (χ4n) is 28.9. The predicted octanol–water partition coefficient (Wildman–Crippen LogP) is 39.1. The summed E-state index contributed by atoms with van der Waals surface area (Å²) in [5.41, 5.74) is 63.4. The van der Waals surface area contributed by atoms with Crippen LogP contribution in [-0.2, 0) is 43.3 Å². The summed E-state index contributed by atoms with van der Waals surface area (Å²) >= 11 is 0. The number of fused-ring (bicyclic) bond motifs is 32. The second-order valence-corrected chi connectivity index (χ2v) is 47.6. The van der Waals surface area contributed by atoms with Gasteiger partial charge in [-0.3, -0.25) is 0 Å². The Bertz CT molecular complexity index is 9360. The highest BCUT2D eigenvalue weighted by Crippen LogP contribution is 2.69. The Hall–Kier alpha value is -16.8. The zero-order valence-corrected chi connectivity index (χ0v) is 87.6. The van der Waals surface area contributed by atoms with Crippen LogP contribution in [0.15, 0.2) is 449 Å². The van der Waals surface area contributed by atoms with Crippen LogP contribution in [0.25, 0.3) is 156 Å². The van der Waals surface area contributed by atoms with Crippen molar-refractivity contribution in [2.24, 2.45) is 0 Å². The molecule has 1 atom stereocenters. The molecule has 0 saturated carbocycles. The van der Waals surface area contributed by atoms with E-state index < -0.39 is 10.8 Å². The normalized spacial score (nSPS) is 15.8. The van der Waals surface area contributed by atoms with Crippen molar-refractivity contribution in [2.45, 2.75) is 140 Å². The third kappa shape index (κ3) is 12.4. The lowest BCUT2D eigenvalue weighted by Crippen LogP contribution is -2.27. The molecule has 8 aliphatic carbocycles. The van der Waals surface area contributed by atoms with E-state index in [1.165, 1.54) is 228 Å². The lowest BCUT2D eigenvalue weighted by atomic mass is 9.68. The van der Waals surface area contributed by atoms with Crippen LogP contribution in [0, 0.1) is 0 Å². The Kier molecular flexibility index (Phi) is 19.0. The smallest absolute Gasteiger partial charge is 0.0725 e. The van der Waals surface area contributed by atoms with Gasteiger partial charge < -0.3 is 9.80 Å². The van der Waals surface area contributed by atoms with Gasteiger partial charge in [0.15, 0.2) is 0 Å². The van der Waals surface area contributed by atoms with E-state index in [1.807, 2.05) is 0 Å². The van der Waals surface area contributed by atoms with Gasteiger partial charge in [0.25, 0.3) is 0 Å². The van der Waals surface area contributed by atoms with Gasteiger partial charge in [0.05, 0.1) is 33.6 Å². The molecule has 21 aromatic rings. The van der Waals surface area contributed by atoms with Crippen LogP contribution in [0.1, 0.15) is 197 Å². The molecule has 718 valence electrons. The van der Waals surface area contributed by atoms with Gasteiger partial charge in [-0.05, 0) is 323 Å². The molecule has 150 heavy (non-hydrogen) atoms. The summed E-state index contributed by atoms with van der Waals surface area (Å²) in [6.07, 6.45) is 0. The average Bonchev–Trinajstić information content (AvgIpc) is 1.50. The minimum absolute atomic E-state index is 0.0594.